The normalized spacial score (nSPS) is 12.6. The number of unbranched alkanes of at least 4 members (excludes halogenated alkanes) is 10. The zero-order chi connectivity index (χ0) is 16.6. The molecule has 3 nitrogen and oxygen atoms in total. The third-order valence-electron chi connectivity index (χ3n) is 3.94. The van der Waals surface area contributed by atoms with Gasteiger partial charge in [-0.1, -0.05) is 71.1 Å². The highest BCUT2D eigenvalue weighted by atomic mass is 16.5. The summed E-state index contributed by atoms with van der Waals surface area (Å²) in [7, 11) is 3.99. The van der Waals surface area contributed by atoms with Crippen molar-refractivity contribution in [2.75, 3.05) is 20.6 Å². The Morgan fingerprint density at radius 2 is 1.32 bits per heavy atom. The predicted molar refractivity (Wildman–Crippen MR) is 95.2 cm³/mol. The van der Waals surface area contributed by atoms with Gasteiger partial charge < -0.3 is 9.64 Å². The van der Waals surface area contributed by atoms with E-state index in [1.807, 2.05) is 25.9 Å². The molecule has 1 unspecified atom stereocenters. The van der Waals surface area contributed by atoms with Crippen LogP contribution in [0.1, 0.15) is 90.9 Å². The van der Waals surface area contributed by atoms with Crippen LogP contribution in [-0.2, 0) is 9.53 Å². The van der Waals surface area contributed by atoms with Crippen molar-refractivity contribution in [3.05, 3.63) is 0 Å². The number of esters is 1. The summed E-state index contributed by atoms with van der Waals surface area (Å²) >= 11 is 0. The fourth-order valence-electron chi connectivity index (χ4n) is 2.77. The molecule has 0 rings (SSSR count). The van der Waals surface area contributed by atoms with E-state index in [2.05, 4.69) is 6.92 Å². The third kappa shape index (κ3) is 15.8. The van der Waals surface area contributed by atoms with Crippen LogP contribution >= 0.6 is 0 Å². The van der Waals surface area contributed by atoms with Crippen LogP contribution in [0.15, 0.2) is 0 Å². The molecule has 22 heavy (non-hydrogen) atoms. The van der Waals surface area contributed by atoms with Gasteiger partial charge in [0.05, 0.1) is 0 Å². The van der Waals surface area contributed by atoms with Crippen LogP contribution in [0.2, 0.25) is 0 Å². The van der Waals surface area contributed by atoms with E-state index in [-0.39, 0.29) is 12.1 Å². The highest BCUT2D eigenvalue weighted by Gasteiger charge is 2.09. The Balaban J connectivity index is 3.26. The van der Waals surface area contributed by atoms with E-state index in [9.17, 15) is 4.79 Å². The van der Waals surface area contributed by atoms with Crippen molar-refractivity contribution in [2.24, 2.45) is 0 Å². The van der Waals surface area contributed by atoms with Crippen LogP contribution in [0.4, 0.5) is 0 Å². The number of likely N-dealkylation sites (N-methyl/N-ethyl adjacent to an activating group) is 1. The maximum absolute atomic E-state index is 11.7. The van der Waals surface area contributed by atoms with Crippen LogP contribution in [0.5, 0.6) is 0 Å². The smallest absolute Gasteiger partial charge is 0.306 e. The molecular weight excluding hydrogens is 274 g/mol. The summed E-state index contributed by atoms with van der Waals surface area (Å²) < 4.78 is 5.37. The van der Waals surface area contributed by atoms with E-state index >= 15 is 0 Å². The maximum Gasteiger partial charge on any atom is 0.306 e. The fourth-order valence-corrected chi connectivity index (χ4v) is 2.77. The molecule has 132 valence electrons. The van der Waals surface area contributed by atoms with Crippen LogP contribution in [0, 0.1) is 0 Å². The molecule has 0 radical (unpaired) electrons. The Labute approximate surface area is 138 Å². The summed E-state index contributed by atoms with van der Waals surface area (Å²) in [4.78, 5) is 13.7. The number of hydrogen-bond acceptors (Lipinski definition) is 3. The van der Waals surface area contributed by atoms with Crippen molar-refractivity contribution in [3.63, 3.8) is 0 Å². The number of hydrogen-bond donors (Lipinski definition) is 0. The van der Waals surface area contributed by atoms with E-state index in [1.54, 1.807) is 0 Å². The molecule has 0 aromatic carbocycles. The molecule has 0 saturated carbocycles. The van der Waals surface area contributed by atoms with Gasteiger partial charge in [-0.2, -0.15) is 0 Å². The first kappa shape index (κ1) is 21.4. The average Bonchev–Trinajstić information content (AvgIpc) is 2.43. The molecule has 0 heterocycles. The maximum atomic E-state index is 11.7. The lowest BCUT2D eigenvalue weighted by molar-refractivity contribution is -0.148. The molecule has 1 atom stereocenters. The van der Waals surface area contributed by atoms with Gasteiger partial charge in [0.2, 0.25) is 0 Å². The van der Waals surface area contributed by atoms with E-state index in [0.717, 1.165) is 19.4 Å². The van der Waals surface area contributed by atoms with Crippen LogP contribution in [0.3, 0.4) is 0 Å². The zero-order valence-corrected chi connectivity index (χ0v) is 15.5. The van der Waals surface area contributed by atoms with Crippen LogP contribution in [-0.4, -0.2) is 37.6 Å². The summed E-state index contributed by atoms with van der Waals surface area (Å²) in [5.74, 6) is -0.0368. The van der Waals surface area contributed by atoms with Crippen LogP contribution in [0.25, 0.3) is 0 Å². The van der Waals surface area contributed by atoms with Crippen molar-refractivity contribution in [1.82, 2.24) is 4.90 Å². The Morgan fingerprint density at radius 1 is 0.864 bits per heavy atom. The molecule has 0 aliphatic rings. The standard InChI is InChI=1S/C19H39NO2/c1-5-6-7-8-9-10-11-12-13-14-15-16-19(21)22-18(2)17-20(3)4/h18H,5-17H2,1-4H3. The summed E-state index contributed by atoms with van der Waals surface area (Å²) in [5, 5.41) is 0. The number of ether oxygens (including phenoxy) is 1. The van der Waals surface area contributed by atoms with Gasteiger partial charge in [0, 0.05) is 13.0 Å². The first-order valence-corrected chi connectivity index (χ1v) is 9.40. The molecule has 0 aromatic heterocycles. The summed E-state index contributed by atoms with van der Waals surface area (Å²) in [6, 6.07) is 0. The lowest BCUT2D eigenvalue weighted by Gasteiger charge is -2.17. The first-order valence-electron chi connectivity index (χ1n) is 9.40. The Morgan fingerprint density at radius 3 is 1.77 bits per heavy atom. The van der Waals surface area contributed by atoms with Crippen molar-refractivity contribution >= 4 is 5.97 Å². The summed E-state index contributed by atoms with van der Waals surface area (Å²) in [6.07, 6.45) is 15.0. The topological polar surface area (TPSA) is 29.5 Å². The minimum absolute atomic E-state index is 0.00444. The van der Waals surface area contributed by atoms with Crippen molar-refractivity contribution in [1.29, 1.82) is 0 Å². The second kappa shape index (κ2) is 15.3. The molecule has 0 N–H and O–H groups in total. The number of carbonyl (C=O) groups is 1. The van der Waals surface area contributed by atoms with E-state index < -0.39 is 0 Å². The predicted octanol–water partition coefficient (Wildman–Crippen LogP) is 5.18. The molecule has 3 heteroatoms. The minimum Gasteiger partial charge on any atom is -0.461 e. The lowest BCUT2D eigenvalue weighted by atomic mass is 10.1. The number of carbonyl (C=O) groups excluding carboxylic acids is 1. The quantitative estimate of drug-likeness (QED) is 0.308. The van der Waals surface area contributed by atoms with Gasteiger partial charge in [-0.25, -0.2) is 0 Å². The molecule has 0 saturated heterocycles. The molecule has 0 aromatic rings. The van der Waals surface area contributed by atoms with Gasteiger partial charge >= 0.3 is 5.97 Å². The van der Waals surface area contributed by atoms with Gasteiger partial charge in [-0.05, 0) is 27.4 Å². The van der Waals surface area contributed by atoms with Crippen molar-refractivity contribution < 1.29 is 9.53 Å². The highest BCUT2D eigenvalue weighted by Crippen LogP contribution is 2.12. The highest BCUT2D eigenvalue weighted by molar-refractivity contribution is 5.69. The fraction of sp³-hybridized carbons (Fsp3) is 0.947. The monoisotopic (exact) mass is 313 g/mol. The molecule has 0 aliphatic heterocycles. The Hall–Kier alpha value is -0.570. The van der Waals surface area contributed by atoms with E-state index in [0.29, 0.717) is 6.42 Å². The Bertz CT molecular complexity index is 254. The van der Waals surface area contributed by atoms with E-state index in [1.165, 1.54) is 57.8 Å². The lowest BCUT2D eigenvalue weighted by Crippen LogP contribution is -2.27. The summed E-state index contributed by atoms with van der Waals surface area (Å²) in [6.45, 7) is 5.01. The van der Waals surface area contributed by atoms with Gasteiger partial charge in [-0.15, -0.1) is 0 Å². The second-order valence-electron chi connectivity index (χ2n) is 6.85. The SMILES string of the molecule is CCCCCCCCCCCCCC(=O)OC(C)CN(C)C. The molecule has 0 aliphatic carbocycles. The van der Waals surface area contributed by atoms with E-state index in [4.69, 9.17) is 4.74 Å². The van der Waals surface area contributed by atoms with Crippen molar-refractivity contribution in [3.8, 4) is 0 Å². The largest absolute Gasteiger partial charge is 0.461 e. The second-order valence-corrected chi connectivity index (χ2v) is 6.85. The molecule has 0 fully saturated rings. The van der Waals surface area contributed by atoms with Gasteiger partial charge in [0.15, 0.2) is 0 Å². The average molecular weight is 314 g/mol. The Kier molecular flexibility index (Phi) is 14.9. The third-order valence-corrected chi connectivity index (χ3v) is 3.94. The molecule has 0 bridgehead atoms. The van der Waals surface area contributed by atoms with Gasteiger partial charge in [0.25, 0.3) is 0 Å². The number of nitrogens with zero attached hydrogens (tertiary/aromatic N) is 1. The first-order chi connectivity index (χ1) is 10.6. The molecule has 0 spiro atoms. The summed E-state index contributed by atoms with van der Waals surface area (Å²) in [5.41, 5.74) is 0. The minimum atomic E-state index is -0.0368. The molecule has 0 amide bonds. The van der Waals surface area contributed by atoms with Crippen LogP contribution < -0.4 is 0 Å². The number of rotatable bonds is 15. The van der Waals surface area contributed by atoms with Crippen molar-refractivity contribution in [2.45, 2.75) is 97.0 Å². The van der Waals surface area contributed by atoms with Gasteiger partial charge in [0.1, 0.15) is 6.10 Å². The molecular formula is C19H39NO2. The van der Waals surface area contributed by atoms with Gasteiger partial charge in [-0.3, -0.25) is 4.79 Å². The zero-order valence-electron chi connectivity index (χ0n) is 15.5.